The van der Waals surface area contributed by atoms with Gasteiger partial charge < -0.3 is 10.1 Å². The zero-order valence-electron chi connectivity index (χ0n) is 15.8. The topological polar surface area (TPSA) is 73.2 Å². The minimum Gasteiger partial charge on any atom is -0.385 e. The van der Waals surface area contributed by atoms with Crippen LogP contribution in [0.5, 0.6) is 0 Å². The maximum atomic E-state index is 13.1. The van der Waals surface area contributed by atoms with Crippen LogP contribution in [0.25, 0.3) is 10.9 Å². The molecule has 1 aliphatic rings. The van der Waals surface area contributed by atoms with Crippen LogP contribution in [0.1, 0.15) is 44.6 Å². The van der Waals surface area contributed by atoms with Crippen LogP contribution in [0.3, 0.4) is 0 Å². The van der Waals surface area contributed by atoms with Crippen LogP contribution >= 0.6 is 11.8 Å². The van der Waals surface area contributed by atoms with Crippen molar-refractivity contribution in [1.29, 1.82) is 0 Å². The van der Waals surface area contributed by atoms with Crippen LogP contribution in [-0.4, -0.2) is 41.5 Å². The first-order chi connectivity index (χ1) is 13.2. The summed E-state index contributed by atoms with van der Waals surface area (Å²) in [4.78, 5) is 30.0. The summed E-state index contributed by atoms with van der Waals surface area (Å²) in [5, 5.41) is 4.18. The Labute approximate surface area is 163 Å². The van der Waals surface area contributed by atoms with Crippen molar-refractivity contribution in [2.75, 3.05) is 26.0 Å². The van der Waals surface area contributed by atoms with Crippen molar-refractivity contribution in [2.45, 2.75) is 49.7 Å². The van der Waals surface area contributed by atoms with Gasteiger partial charge in [-0.05, 0) is 31.4 Å². The molecule has 1 heterocycles. The highest BCUT2D eigenvalue weighted by molar-refractivity contribution is 7.99. The molecular formula is C20H27N3O3S. The number of nitrogens with one attached hydrogen (secondary N) is 1. The molecule has 1 aromatic heterocycles. The first kappa shape index (κ1) is 19.9. The van der Waals surface area contributed by atoms with Crippen LogP contribution in [0.15, 0.2) is 34.2 Å². The Bertz CT molecular complexity index is 831. The third-order valence-electron chi connectivity index (χ3n) is 4.90. The minimum absolute atomic E-state index is 0.00972. The summed E-state index contributed by atoms with van der Waals surface area (Å²) in [6.07, 6.45) is 6.27. The Hall–Kier alpha value is -1.86. The number of aromatic nitrogens is 2. The zero-order valence-corrected chi connectivity index (χ0v) is 16.6. The Morgan fingerprint density at radius 2 is 2.07 bits per heavy atom. The summed E-state index contributed by atoms with van der Waals surface area (Å²) in [5.41, 5.74) is 0.702. The molecule has 6 nitrogen and oxygen atoms in total. The van der Waals surface area contributed by atoms with E-state index in [1.807, 2.05) is 28.8 Å². The van der Waals surface area contributed by atoms with Gasteiger partial charge in [0, 0.05) is 26.3 Å². The second-order valence-electron chi connectivity index (χ2n) is 6.86. The molecule has 1 saturated carbocycles. The van der Waals surface area contributed by atoms with E-state index in [-0.39, 0.29) is 23.3 Å². The summed E-state index contributed by atoms with van der Waals surface area (Å²) in [6.45, 7) is 1.22. The van der Waals surface area contributed by atoms with E-state index in [4.69, 9.17) is 9.72 Å². The molecule has 1 aromatic carbocycles. The molecule has 0 aliphatic heterocycles. The third-order valence-corrected chi connectivity index (χ3v) is 5.85. The first-order valence-corrected chi connectivity index (χ1v) is 10.6. The van der Waals surface area contributed by atoms with Crippen LogP contribution < -0.4 is 10.9 Å². The zero-order chi connectivity index (χ0) is 19.1. The van der Waals surface area contributed by atoms with E-state index in [2.05, 4.69) is 5.32 Å². The summed E-state index contributed by atoms with van der Waals surface area (Å²) >= 11 is 1.35. The Balaban J connectivity index is 1.80. The Kier molecular flexibility index (Phi) is 7.29. The molecule has 27 heavy (non-hydrogen) atoms. The molecule has 146 valence electrons. The van der Waals surface area contributed by atoms with Crippen LogP contribution in [0.2, 0.25) is 0 Å². The van der Waals surface area contributed by atoms with Crippen molar-refractivity contribution >= 4 is 28.6 Å². The monoisotopic (exact) mass is 389 g/mol. The second-order valence-corrected chi connectivity index (χ2v) is 7.81. The van der Waals surface area contributed by atoms with Gasteiger partial charge in [-0.15, -0.1) is 0 Å². The summed E-state index contributed by atoms with van der Waals surface area (Å²) in [6, 6.07) is 7.63. The molecule has 0 spiro atoms. The number of hydrogen-bond acceptors (Lipinski definition) is 5. The number of thioether (sulfide) groups is 1. The van der Waals surface area contributed by atoms with Gasteiger partial charge in [-0.25, -0.2) is 4.98 Å². The summed E-state index contributed by atoms with van der Waals surface area (Å²) in [5.74, 6) is 0.207. The van der Waals surface area contributed by atoms with Gasteiger partial charge in [-0.2, -0.15) is 0 Å². The van der Waals surface area contributed by atoms with E-state index in [9.17, 15) is 9.59 Å². The number of fused-ring (bicyclic) bond motifs is 1. The lowest BCUT2D eigenvalue weighted by Crippen LogP contribution is -2.30. The normalized spacial score (nSPS) is 15.1. The van der Waals surface area contributed by atoms with Crippen molar-refractivity contribution in [2.24, 2.45) is 0 Å². The molecule has 1 N–H and O–H groups in total. The van der Waals surface area contributed by atoms with Gasteiger partial charge in [0.25, 0.3) is 5.56 Å². The Morgan fingerprint density at radius 1 is 1.30 bits per heavy atom. The Morgan fingerprint density at radius 3 is 2.85 bits per heavy atom. The van der Waals surface area contributed by atoms with Crippen LogP contribution in [-0.2, 0) is 9.53 Å². The van der Waals surface area contributed by atoms with Crippen molar-refractivity contribution < 1.29 is 9.53 Å². The lowest BCUT2D eigenvalue weighted by atomic mass is 9.95. The number of methoxy groups -OCH3 is 1. The van der Waals surface area contributed by atoms with Gasteiger partial charge in [-0.1, -0.05) is 43.2 Å². The van der Waals surface area contributed by atoms with E-state index in [0.717, 1.165) is 32.1 Å². The molecule has 0 unspecified atom stereocenters. The second kappa shape index (κ2) is 9.90. The predicted octanol–water partition coefficient (Wildman–Crippen LogP) is 3.15. The van der Waals surface area contributed by atoms with Gasteiger partial charge >= 0.3 is 0 Å². The summed E-state index contributed by atoms with van der Waals surface area (Å²) in [7, 11) is 1.65. The quantitative estimate of drug-likeness (QED) is 0.427. The number of amides is 1. The summed E-state index contributed by atoms with van der Waals surface area (Å²) < 4.78 is 6.82. The molecule has 0 saturated heterocycles. The van der Waals surface area contributed by atoms with E-state index in [0.29, 0.717) is 29.2 Å². The van der Waals surface area contributed by atoms with Crippen LogP contribution in [0.4, 0.5) is 0 Å². The molecule has 0 radical (unpaired) electrons. The number of para-hydroxylation sites is 1. The standard InChI is InChI=1S/C20H27N3O3S/c1-26-13-7-12-21-18(24)14-27-20-22-17-11-6-5-10-16(17)19(25)23(20)15-8-3-2-4-9-15/h5-6,10-11,15H,2-4,7-9,12-14H2,1H3,(H,21,24). The largest absolute Gasteiger partial charge is 0.385 e. The third kappa shape index (κ3) is 5.11. The van der Waals surface area contributed by atoms with Crippen molar-refractivity contribution in [3.05, 3.63) is 34.6 Å². The van der Waals surface area contributed by atoms with Crippen molar-refractivity contribution in [3.8, 4) is 0 Å². The number of nitrogens with zero attached hydrogens (tertiary/aromatic N) is 2. The van der Waals surface area contributed by atoms with E-state index in [1.165, 1.54) is 18.2 Å². The molecule has 2 aromatic rings. The maximum absolute atomic E-state index is 13.1. The minimum atomic E-state index is -0.0475. The fourth-order valence-corrected chi connectivity index (χ4v) is 4.41. The predicted molar refractivity (Wildman–Crippen MR) is 108 cm³/mol. The number of carbonyl (C=O) groups excluding carboxylic acids is 1. The lowest BCUT2D eigenvalue weighted by Gasteiger charge is -2.26. The first-order valence-electron chi connectivity index (χ1n) is 9.60. The average molecular weight is 390 g/mol. The number of hydrogen-bond donors (Lipinski definition) is 1. The molecule has 1 amide bonds. The van der Waals surface area contributed by atoms with E-state index >= 15 is 0 Å². The smallest absolute Gasteiger partial charge is 0.262 e. The highest BCUT2D eigenvalue weighted by atomic mass is 32.2. The fraction of sp³-hybridized carbons (Fsp3) is 0.550. The molecule has 0 bridgehead atoms. The van der Waals surface area contributed by atoms with E-state index in [1.54, 1.807) is 7.11 Å². The van der Waals surface area contributed by atoms with Gasteiger partial charge in [0.1, 0.15) is 0 Å². The highest BCUT2D eigenvalue weighted by Gasteiger charge is 2.22. The number of benzene rings is 1. The van der Waals surface area contributed by atoms with Crippen molar-refractivity contribution in [3.63, 3.8) is 0 Å². The average Bonchev–Trinajstić information content (AvgIpc) is 2.70. The highest BCUT2D eigenvalue weighted by Crippen LogP contribution is 2.30. The molecule has 1 fully saturated rings. The van der Waals surface area contributed by atoms with Crippen molar-refractivity contribution in [1.82, 2.24) is 14.9 Å². The van der Waals surface area contributed by atoms with Gasteiger partial charge in [0.05, 0.1) is 16.7 Å². The molecular weight excluding hydrogens is 362 g/mol. The van der Waals surface area contributed by atoms with Gasteiger partial charge in [0.15, 0.2) is 5.16 Å². The van der Waals surface area contributed by atoms with E-state index < -0.39 is 0 Å². The molecule has 3 rings (SSSR count). The SMILES string of the molecule is COCCCNC(=O)CSc1nc2ccccc2c(=O)n1C1CCCCC1. The fourth-order valence-electron chi connectivity index (χ4n) is 3.51. The molecule has 1 aliphatic carbocycles. The maximum Gasteiger partial charge on any atom is 0.262 e. The van der Waals surface area contributed by atoms with Gasteiger partial charge in [0.2, 0.25) is 5.91 Å². The number of carbonyl (C=O) groups is 1. The molecule has 0 atom stereocenters. The van der Waals surface area contributed by atoms with Crippen LogP contribution in [0, 0.1) is 0 Å². The number of ether oxygens (including phenoxy) is 1. The molecule has 7 heteroatoms. The number of rotatable bonds is 8. The van der Waals surface area contributed by atoms with Gasteiger partial charge in [-0.3, -0.25) is 14.2 Å². The lowest BCUT2D eigenvalue weighted by molar-refractivity contribution is -0.118.